The molecule has 4 nitrogen and oxygen atoms in total. The number of hydrogen-bond donors (Lipinski definition) is 1. The van der Waals surface area contributed by atoms with Gasteiger partial charge in [-0.3, -0.25) is 0 Å². The molecule has 7 heteroatoms. The Morgan fingerprint density at radius 2 is 2.00 bits per heavy atom. The topological polar surface area (TPSA) is 50.7 Å². The Bertz CT molecular complexity index is 718. The van der Waals surface area contributed by atoms with E-state index < -0.39 is 0 Å². The minimum absolute atomic E-state index is 0.820. The average Bonchev–Trinajstić information content (AvgIpc) is 3.15. The number of aryl methyl sites for hydroxylation is 1. The van der Waals surface area contributed by atoms with Crippen molar-refractivity contribution in [1.29, 1.82) is 0 Å². The highest BCUT2D eigenvalue weighted by atomic mass is 32.2. The van der Waals surface area contributed by atoms with E-state index in [1.807, 2.05) is 7.05 Å². The van der Waals surface area contributed by atoms with E-state index in [1.54, 1.807) is 34.4 Å². The van der Waals surface area contributed by atoms with E-state index in [2.05, 4.69) is 52.1 Å². The smallest absolute Gasteiger partial charge is 0.206 e. The Labute approximate surface area is 135 Å². The van der Waals surface area contributed by atoms with Crippen molar-refractivity contribution in [3.05, 3.63) is 40.9 Å². The summed E-state index contributed by atoms with van der Waals surface area (Å²) in [5.74, 6) is 0.820. The molecule has 0 aliphatic heterocycles. The molecule has 0 saturated carbocycles. The third-order valence-electron chi connectivity index (χ3n) is 2.81. The van der Waals surface area contributed by atoms with Gasteiger partial charge in [-0.2, -0.15) is 0 Å². The molecule has 0 aliphatic carbocycles. The third-order valence-corrected chi connectivity index (χ3v) is 5.86. The summed E-state index contributed by atoms with van der Waals surface area (Å²) in [4.78, 5) is 4.69. The van der Waals surface area contributed by atoms with Gasteiger partial charge in [-0.1, -0.05) is 52.9 Å². The second-order valence-corrected chi connectivity index (χ2v) is 7.48. The van der Waals surface area contributed by atoms with Crippen molar-refractivity contribution < 1.29 is 0 Å². The Morgan fingerprint density at radius 1 is 1.19 bits per heavy atom. The van der Waals surface area contributed by atoms with Crippen LogP contribution in [0.1, 0.15) is 11.3 Å². The number of nitrogens with zero attached hydrogens (tertiary/aromatic N) is 3. The molecule has 0 aliphatic rings. The number of rotatable bonds is 5. The van der Waals surface area contributed by atoms with Crippen LogP contribution in [0.25, 0.3) is 10.6 Å². The van der Waals surface area contributed by atoms with Gasteiger partial charge in [0, 0.05) is 23.7 Å². The van der Waals surface area contributed by atoms with Gasteiger partial charge in [0.1, 0.15) is 5.01 Å². The van der Waals surface area contributed by atoms with Gasteiger partial charge in [0.05, 0.1) is 5.69 Å². The average molecular weight is 334 g/mol. The number of anilines is 1. The quantitative estimate of drug-likeness (QED) is 0.705. The number of hydrogen-bond acceptors (Lipinski definition) is 7. The number of aromatic nitrogens is 3. The number of thiazole rings is 1. The summed E-state index contributed by atoms with van der Waals surface area (Å²) in [6.07, 6.45) is 0. The first-order valence-corrected chi connectivity index (χ1v) is 9.08. The normalized spacial score (nSPS) is 10.8. The lowest BCUT2D eigenvalue weighted by molar-refractivity contribution is 1.01. The molecule has 2 aromatic heterocycles. The highest BCUT2D eigenvalue weighted by Crippen LogP contribution is 2.30. The number of thioether (sulfide) groups is 1. The van der Waals surface area contributed by atoms with Gasteiger partial charge in [0.2, 0.25) is 5.13 Å². The Morgan fingerprint density at radius 3 is 2.71 bits per heavy atom. The van der Waals surface area contributed by atoms with Crippen LogP contribution in [0.4, 0.5) is 5.13 Å². The van der Waals surface area contributed by atoms with Crippen LogP contribution < -0.4 is 5.32 Å². The zero-order valence-electron chi connectivity index (χ0n) is 11.7. The maximum absolute atomic E-state index is 4.69. The van der Waals surface area contributed by atoms with Crippen molar-refractivity contribution in [2.45, 2.75) is 17.0 Å². The van der Waals surface area contributed by atoms with E-state index >= 15 is 0 Å². The monoisotopic (exact) mass is 334 g/mol. The van der Waals surface area contributed by atoms with Gasteiger partial charge in [-0.25, -0.2) is 4.98 Å². The van der Waals surface area contributed by atoms with Crippen molar-refractivity contribution in [3.63, 3.8) is 0 Å². The molecule has 0 atom stereocenters. The van der Waals surface area contributed by atoms with Crippen LogP contribution in [0, 0.1) is 6.92 Å². The predicted molar refractivity (Wildman–Crippen MR) is 91.3 cm³/mol. The number of benzene rings is 1. The molecule has 0 bridgehead atoms. The molecule has 0 spiro atoms. The highest BCUT2D eigenvalue weighted by molar-refractivity contribution is 8.00. The molecule has 108 valence electrons. The Kier molecular flexibility index (Phi) is 4.52. The zero-order chi connectivity index (χ0) is 14.7. The van der Waals surface area contributed by atoms with Crippen molar-refractivity contribution >= 4 is 39.6 Å². The fourth-order valence-electron chi connectivity index (χ4n) is 1.71. The van der Waals surface area contributed by atoms with Gasteiger partial charge in [-0.15, -0.1) is 21.5 Å². The second kappa shape index (κ2) is 6.55. The van der Waals surface area contributed by atoms with Crippen LogP contribution in [-0.2, 0) is 5.75 Å². The molecule has 0 saturated heterocycles. The number of nitrogens with one attached hydrogen (secondary N) is 1. The maximum atomic E-state index is 4.69. The Hall–Kier alpha value is -1.44. The molecule has 0 unspecified atom stereocenters. The molecule has 0 fully saturated rings. The summed E-state index contributed by atoms with van der Waals surface area (Å²) in [7, 11) is 1.85. The van der Waals surface area contributed by atoms with E-state index in [9.17, 15) is 0 Å². The molecule has 21 heavy (non-hydrogen) atoms. The van der Waals surface area contributed by atoms with E-state index in [4.69, 9.17) is 4.98 Å². The van der Waals surface area contributed by atoms with Crippen molar-refractivity contribution in [3.8, 4) is 10.6 Å². The highest BCUT2D eigenvalue weighted by Gasteiger charge is 2.07. The third kappa shape index (κ3) is 3.61. The summed E-state index contributed by atoms with van der Waals surface area (Å²) in [5.41, 5.74) is 3.53. The van der Waals surface area contributed by atoms with E-state index in [0.717, 1.165) is 25.9 Å². The van der Waals surface area contributed by atoms with Crippen LogP contribution in [-0.4, -0.2) is 22.2 Å². The molecular weight excluding hydrogens is 320 g/mol. The standard InChI is InChI=1S/C14H14N4S3/c1-9-3-5-10(6-4-9)12-16-11(7-19-12)8-20-14-18-17-13(15-2)21-14/h3-7H,8H2,1-2H3,(H,15,17). The van der Waals surface area contributed by atoms with Crippen molar-refractivity contribution in [1.82, 2.24) is 15.2 Å². The minimum atomic E-state index is 0.820. The first-order chi connectivity index (χ1) is 10.2. The van der Waals surface area contributed by atoms with Gasteiger partial charge >= 0.3 is 0 Å². The van der Waals surface area contributed by atoms with Crippen molar-refractivity contribution in [2.75, 3.05) is 12.4 Å². The summed E-state index contributed by atoms with van der Waals surface area (Å²) in [5, 5.41) is 15.2. The lowest BCUT2D eigenvalue weighted by atomic mass is 10.2. The van der Waals surface area contributed by atoms with E-state index in [1.165, 1.54) is 11.1 Å². The van der Waals surface area contributed by atoms with Gasteiger partial charge < -0.3 is 5.32 Å². The minimum Gasteiger partial charge on any atom is -0.363 e. The summed E-state index contributed by atoms with van der Waals surface area (Å²) in [6, 6.07) is 8.47. The van der Waals surface area contributed by atoms with Crippen LogP contribution in [0.5, 0.6) is 0 Å². The molecule has 3 rings (SSSR count). The van der Waals surface area contributed by atoms with Crippen LogP contribution in [0.2, 0.25) is 0 Å². The fraction of sp³-hybridized carbons (Fsp3) is 0.214. The molecular formula is C14H14N4S3. The molecule has 0 radical (unpaired) electrons. The van der Waals surface area contributed by atoms with E-state index in [0.29, 0.717) is 0 Å². The lowest BCUT2D eigenvalue weighted by Crippen LogP contribution is -1.84. The molecule has 1 N–H and O–H groups in total. The largest absolute Gasteiger partial charge is 0.363 e. The molecule has 0 amide bonds. The molecule has 3 aromatic rings. The van der Waals surface area contributed by atoms with Gasteiger partial charge in [0.25, 0.3) is 0 Å². The summed E-state index contributed by atoms with van der Waals surface area (Å²) in [6.45, 7) is 2.09. The lowest BCUT2D eigenvalue weighted by Gasteiger charge is -1.97. The maximum Gasteiger partial charge on any atom is 0.206 e. The first-order valence-electron chi connectivity index (χ1n) is 6.40. The summed E-state index contributed by atoms with van der Waals surface area (Å²) < 4.78 is 0.962. The molecule has 2 heterocycles. The zero-order valence-corrected chi connectivity index (χ0v) is 14.1. The van der Waals surface area contributed by atoms with Crippen molar-refractivity contribution in [2.24, 2.45) is 0 Å². The van der Waals surface area contributed by atoms with E-state index in [-0.39, 0.29) is 0 Å². The second-order valence-electron chi connectivity index (χ2n) is 4.42. The van der Waals surface area contributed by atoms with Gasteiger partial charge in [-0.05, 0) is 6.92 Å². The Balaban J connectivity index is 1.66. The fourth-order valence-corrected chi connectivity index (χ4v) is 4.24. The molecule has 1 aromatic carbocycles. The predicted octanol–water partition coefficient (Wildman–Crippen LogP) is 4.30. The van der Waals surface area contributed by atoms with Crippen LogP contribution >= 0.6 is 34.4 Å². The summed E-state index contributed by atoms with van der Waals surface area (Å²) >= 11 is 4.92. The SMILES string of the molecule is CNc1nnc(SCc2csc(-c3ccc(C)cc3)n2)s1. The van der Waals surface area contributed by atoms with Crippen LogP contribution in [0.15, 0.2) is 34.0 Å². The van der Waals surface area contributed by atoms with Crippen LogP contribution in [0.3, 0.4) is 0 Å². The van der Waals surface area contributed by atoms with Gasteiger partial charge in [0.15, 0.2) is 4.34 Å². The first kappa shape index (κ1) is 14.5.